The Kier molecular flexibility index (Phi) is 5.36. The lowest BCUT2D eigenvalue weighted by Crippen LogP contribution is -2.31. The van der Waals surface area contributed by atoms with E-state index in [4.69, 9.17) is 21.1 Å². The third-order valence-electron chi connectivity index (χ3n) is 3.36. The fourth-order valence-electron chi connectivity index (χ4n) is 2.30. The van der Waals surface area contributed by atoms with E-state index in [0.717, 1.165) is 31.9 Å². The third kappa shape index (κ3) is 4.30. The minimum atomic E-state index is 0.338. The zero-order valence-electron chi connectivity index (χ0n) is 11.4. The molecule has 1 aromatic heterocycles. The maximum Gasteiger partial charge on any atom is 0.158 e. The summed E-state index contributed by atoms with van der Waals surface area (Å²) in [5.74, 6) is 1.95. The van der Waals surface area contributed by atoms with Crippen LogP contribution in [0.3, 0.4) is 0 Å². The van der Waals surface area contributed by atoms with Crippen molar-refractivity contribution in [2.75, 3.05) is 25.6 Å². The lowest BCUT2D eigenvalue weighted by Gasteiger charge is -2.28. The Morgan fingerprint density at radius 2 is 2.21 bits per heavy atom. The molecule has 0 aromatic carbocycles. The van der Waals surface area contributed by atoms with Crippen LogP contribution in [0.2, 0.25) is 5.15 Å². The molecular weight excluding hydrogens is 266 g/mol. The van der Waals surface area contributed by atoms with Crippen molar-refractivity contribution in [3.05, 3.63) is 17.0 Å². The first-order valence-corrected chi connectivity index (χ1v) is 6.93. The van der Waals surface area contributed by atoms with Gasteiger partial charge in [-0.3, -0.25) is 0 Å². The number of hydrogen-bond acceptors (Lipinski definition) is 5. The second-order valence-corrected chi connectivity index (χ2v) is 5.20. The van der Waals surface area contributed by atoms with E-state index in [1.54, 1.807) is 13.2 Å². The Balaban J connectivity index is 2.00. The Labute approximate surface area is 118 Å². The minimum absolute atomic E-state index is 0.338. The molecule has 1 unspecified atom stereocenters. The van der Waals surface area contributed by atoms with E-state index in [9.17, 15) is 0 Å². The van der Waals surface area contributed by atoms with Gasteiger partial charge in [0.25, 0.3) is 0 Å². The zero-order chi connectivity index (χ0) is 13.7. The molecule has 19 heavy (non-hydrogen) atoms. The molecule has 5 nitrogen and oxygen atoms in total. The van der Waals surface area contributed by atoms with Crippen molar-refractivity contribution in [2.45, 2.75) is 32.4 Å². The summed E-state index contributed by atoms with van der Waals surface area (Å²) in [7, 11) is 1.61. The zero-order valence-corrected chi connectivity index (χ0v) is 12.1. The molecule has 1 atom stereocenters. The molecule has 0 saturated carbocycles. The number of aromatic nitrogens is 2. The van der Waals surface area contributed by atoms with Crippen LogP contribution in [0, 0.1) is 5.92 Å². The highest BCUT2D eigenvalue weighted by molar-refractivity contribution is 6.29. The van der Waals surface area contributed by atoms with Gasteiger partial charge in [-0.2, -0.15) is 0 Å². The smallest absolute Gasteiger partial charge is 0.158 e. The number of methoxy groups -OCH3 is 1. The second-order valence-electron chi connectivity index (χ2n) is 4.81. The molecule has 1 fully saturated rings. The van der Waals surface area contributed by atoms with E-state index in [-0.39, 0.29) is 0 Å². The maximum absolute atomic E-state index is 5.99. The van der Waals surface area contributed by atoms with Crippen LogP contribution in [0.5, 0.6) is 0 Å². The topological polar surface area (TPSA) is 56.3 Å². The van der Waals surface area contributed by atoms with E-state index in [0.29, 0.717) is 29.5 Å². The monoisotopic (exact) mass is 285 g/mol. The van der Waals surface area contributed by atoms with Gasteiger partial charge in [0.15, 0.2) is 5.82 Å². The number of ether oxygens (including phenoxy) is 2. The fraction of sp³-hybridized carbons (Fsp3) is 0.692. The molecule has 1 N–H and O–H groups in total. The van der Waals surface area contributed by atoms with Gasteiger partial charge in [-0.25, -0.2) is 9.97 Å². The van der Waals surface area contributed by atoms with Gasteiger partial charge in [0.1, 0.15) is 17.6 Å². The van der Waals surface area contributed by atoms with E-state index in [1.807, 2.05) is 0 Å². The summed E-state index contributed by atoms with van der Waals surface area (Å²) >= 11 is 5.99. The largest absolute Gasteiger partial charge is 0.381 e. The van der Waals surface area contributed by atoms with Crippen molar-refractivity contribution in [1.29, 1.82) is 0 Å². The molecule has 6 heteroatoms. The van der Waals surface area contributed by atoms with Gasteiger partial charge >= 0.3 is 0 Å². The first kappa shape index (κ1) is 14.5. The van der Waals surface area contributed by atoms with Crippen LogP contribution >= 0.6 is 11.6 Å². The van der Waals surface area contributed by atoms with Crippen molar-refractivity contribution in [2.24, 2.45) is 5.92 Å². The van der Waals surface area contributed by atoms with Gasteiger partial charge in [-0.1, -0.05) is 11.6 Å². The summed E-state index contributed by atoms with van der Waals surface area (Å²) < 4.78 is 10.4. The Hall–Kier alpha value is -0.910. The first-order chi connectivity index (χ1) is 9.19. The molecule has 1 aliphatic rings. The molecule has 0 spiro atoms. The Bertz CT molecular complexity index is 411. The van der Waals surface area contributed by atoms with Crippen LogP contribution in [0.4, 0.5) is 5.82 Å². The summed E-state index contributed by atoms with van der Waals surface area (Å²) in [4.78, 5) is 8.51. The lowest BCUT2D eigenvalue weighted by atomic mass is 9.93. The van der Waals surface area contributed by atoms with Gasteiger partial charge < -0.3 is 14.8 Å². The van der Waals surface area contributed by atoms with Crippen LogP contribution in [0.1, 0.15) is 25.6 Å². The Morgan fingerprint density at radius 1 is 1.47 bits per heavy atom. The Morgan fingerprint density at radius 3 is 2.89 bits per heavy atom. The highest BCUT2D eigenvalue weighted by Gasteiger charge is 2.20. The summed E-state index contributed by atoms with van der Waals surface area (Å²) in [5.41, 5.74) is 0. The fourth-order valence-corrected chi connectivity index (χ4v) is 2.50. The van der Waals surface area contributed by atoms with Gasteiger partial charge in [-0.05, 0) is 25.7 Å². The summed E-state index contributed by atoms with van der Waals surface area (Å²) in [6.07, 6.45) is 2.16. The molecule has 0 aliphatic carbocycles. The van der Waals surface area contributed by atoms with E-state index in [1.165, 1.54) is 0 Å². The van der Waals surface area contributed by atoms with E-state index < -0.39 is 0 Å². The van der Waals surface area contributed by atoms with Crippen LogP contribution in [0.15, 0.2) is 6.07 Å². The molecular formula is C13H20ClN3O2. The second kappa shape index (κ2) is 7.03. The molecule has 2 heterocycles. The van der Waals surface area contributed by atoms with Gasteiger partial charge in [0.2, 0.25) is 0 Å². The molecule has 1 saturated heterocycles. The summed E-state index contributed by atoms with van der Waals surface area (Å²) in [6, 6.07) is 2.08. The molecule has 0 radical (unpaired) electrons. The van der Waals surface area contributed by atoms with Gasteiger partial charge in [0.05, 0.1) is 0 Å². The summed E-state index contributed by atoms with van der Waals surface area (Å²) in [6.45, 7) is 4.22. The predicted octanol–water partition coefficient (Wildman–Crippen LogP) is 2.50. The normalized spacial score (nSPS) is 18.3. The lowest BCUT2D eigenvalue weighted by molar-refractivity contribution is 0.0622. The number of nitrogens with one attached hydrogen (secondary N) is 1. The average molecular weight is 286 g/mol. The number of halogens is 1. The van der Waals surface area contributed by atoms with E-state index >= 15 is 0 Å². The highest BCUT2D eigenvalue weighted by atomic mass is 35.5. The van der Waals surface area contributed by atoms with Crippen LogP contribution in [0.25, 0.3) is 0 Å². The molecule has 106 valence electrons. The van der Waals surface area contributed by atoms with Crippen molar-refractivity contribution in [3.63, 3.8) is 0 Å². The average Bonchev–Trinajstić information content (AvgIpc) is 2.39. The molecule has 0 bridgehead atoms. The first-order valence-electron chi connectivity index (χ1n) is 6.55. The SMILES string of the molecule is COCc1nc(Cl)cc(NC(C)C2CCOCC2)n1. The molecule has 1 aliphatic heterocycles. The third-order valence-corrected chi connectivity index (χ3v) is 3.56. The van der Waals surface area contributed by atoms with Crippen molar-refractivity contribution in [1.82, 2.24) is 9.97 Å². The van der Waals surface area contributed by atoms with Gasteiger partial charge in [-0.15, -0.1) is 0 Å². The van der Waals surface area contributed by atoms with E-state index in [2.05, 4.69) is 22.2 Å². The van der Waals surface area contributed by atoms with Crippen LogP contribution in [-0.2, 0) is 16.1 Å². The quantitative estimate of drug-likeness (QED) is 0.843. The predicted molar refractivity (Wildman–Crippen MR) is 74.4 cm³/mol. The number of nitrogens with zero attached hydrogens (tertiary/aromatic N) is 2. The maximum atomic E-state index is 5.99. The van der Waals surface area contributed by atoms with Crippen molar-refractivity contribution in [3.8, 4) is 0 Å². The number of rotatable bonds is 5. The van der Waals surface area contributed by atoms with Crippen molar-refractivity contribution < 1.29 is 9.47 Å². The number of hydrogen-bond donors (Lipinski definition) is 1. The summed E-state index contributed by atoms with van der Waals surface area (Å²) in [5, 5.41) is 3.84. The van der Waals surface area contributed by atoms with Crippen LogP contribution in [-0.4, -0.2) is 36.3 Å². The molecule has 2 rings (SSSR count). The molecule has 0 amide bonds. The van der Waals surface area contributed by atoms with Crippen molar-refractivity contribution >= 4 is 17.4 Å². The number of anilines is 1. The van der Waals surface area contributed by atoms with Gasteiger partial charge in [0, 0.05) is 32.4 Å². The van der Waals surface area contributed by atoms with Crippen LogP contribution < -0.4 is 5.32 Å². The highest BCUT2D eigenvalue weighted by Crippen LogP contribution is 2.22. The minimum Gasteiger partial charge on any atom is -0.381 e. The standard InChI is InChI=1S/C13H20ClN3O2/c1-9(10-3-5-19-6-4-10)15-12-7-11(14)16-13(17-12)8-18-2/h7,9-10H,3-6,8H2,1-2H3,(H,15,16,17). The molecule has 1 aromatic rings.